The number of aryl methyl sites for hydroxylation is 2. The number of carbonyl (C=O) groups excluding carboxylic acids is 1. The van der Waals surface area contributed by atoms with E-state index in [0.29, 0.717) is 17.0 Å². The van der Waals surface area contributed by atoms with E-state index in [-0.39, 0.29) is 5.91 Å². The third-order valence-corrected chi connectivity index (χ3v) is 5.36. The van der Waals surface area contributed by atoms with Gasteiger partial charge in [-0.2, -0.15) is 0 Å². The monoisotopic (exact) mass is 334 g/mol. The molecule has 2 aliphatic rings. The van der Waals surface area contributed by atoms with Gasteiger partial charge in [-0.15, -0.1) is 0 Å². The Hall–Kier alpha value is -1.14. The second-order valence-corrected chi connectivity index (χ2v) is 7.67. The smallest absolute Gasteiger partial charge is 0.233 e. The Morgan fingerprint density at radius 3 is 2.48 bits per heavy atom. The first-order valence-electron chi connectivity index (χ1n) is 8.56. The van der Waals surface area contributed by atoms with E-state index in [0.717, 1.165) is 43.2 Å². The van der Waals surface area contributed by atoms with E-state index >= 15 is 0 Å². The van der Waals surface area contributed by atoms with E-state index in [2.05, 4.69) is 15.3 Å². The van der Waals surface area contributed by atoms with E-state index in [4.69, 9.17) is 0 Å². The molecule has 6 heteroatoms. The summed E-state index contributed by atoms with van der Waals surface area (Å²) in [5.41, 5.74) is 1.91. The number of piperidine rings is 1. The van der Waals surface area contributed by atoms with E-state index in [1.54, 1.807) is 0 Å². The Kier molecular flexibility index (Phi) is 5.54. The average Bonchev–Trinajstić information content (AvgIpc) is 3.34. The maximum absolute atomic E-state index is 12.4. The van der Waals surface area contributed by atoms with Crippen LogP contribution in [-0.4, -0.2) is 52.2 Å². The van der Waals surface area contributed by atoms with Crippen LogP contribution in [-0.2, 0) is 4.79 Å². The van der Waals surface area contributed by atoms with Crippen molar-refractivity contribution in [3.8, 4) is 0 Å². The lowest BCUT2D eigenvalue weighted by atomic mass is 10.0. The molecule has 0 spiro atoms. The van der Waals surface area contributed by atoms with Crippen molar-refractivity contribution in [2.75, 3.05) is 25.4 Å². The molecule has 0 bridgehead atoms. The van der Waals surface area contributed by atoms with Crippen LogP contribution in [0.1, 0.15) is 37.1 Å². The molecule has 2 fully saturated rings. The predicted octanol–water partition coefficient (Wildman–Crippen LogP) is 2.18. The molecule has 0 atom stereocenters. The topological polar surface area (TPSA) is 58.1 Å². The van der Waals surface area contributed by atoms with Crippen LogP contribution in [0.25, 0.3) is 0 Å². The first-order chi connectivity index (χ1) is 11.1. The van der Waals surface area contributed by atoms with Gasteiger partial charge in [-0.05, 0) is 58.1 Å². The lowest BCUT2D eigenvalue weighted by Crippen LogP contribution is -2.45. The molecule has 0 radical (unpaired) electrons. The van der Waals surface area contributed by atoms with Gasteiger partial charge in [0.1, 0.15) is 0 Å². The van der Waals surface area contributed by atoms with Gasteiger partial charge in [-0.25, -0.2) is 9.97 Å². The number of amides is 1. The summed E-state index contributed by atoms with van der Waals surface area (Å²) in [4.78, 5) is 23.1. The summed E-state index contributed by atoms with van der Waals surface area (Å²) in [5, 5.41) is 4.36. The first-order valence-corrected chi connectivity index (χ1v) is 9.55. The number of rotatable bonds is 6. The average molecular weight is 334 g/mol. The maximum Gasteiger partial charge on any atom is 0.233 e. The highest BCUT2D eigenvalue weighted by molar-refractivity contribution is 7.99. The van der Waals surface area contributed by atoms with E-state index in [1.807, 2.05) is 24.8 Å². The molecule has 1 aliphatic heterocycles. The number of likely N-dealkylation sites (tertiary alicyclic amines) is 1. The lowest BCUT2D eigenvalue weighted by molar-refractivity contribution is -0.129. The molecule has 5 nitrogen and oxygen atoms in total. The zero-order valence-corrected chi connectivity index (χ0v) is 14.9. The summed E-state index contributed by atoms with van der Waals surface area (Å²) in [5.74, 6) is 1.56. The second-order valence-electron chi connectivity index (χ2n) is 6.73. The molecule has 0 aromatic carbocycles. The number of nitrogens with zero attached hydrogens (tertiary/aromatic N) is 3. The highest BCUT2D eigenvalue weighted by atomic mass is 32.2. The molecule has 0 unspecified atom stereocenters. The van der Waals surface area contributed by atoms with Crippen LogP contribution in [0.15, 0.2) is 11.2 Å². The van der Waals surface area contributed by atoms with E-state index in [1.165, 1.54) is 31.1 Å². The second kappa shape index (κ2) is 7.62. The minimum Gasteiger partial charge on any atom is -0.342 e. The molecule has 1 amide bonds. The standard InChI is InChI=1S/C17H26N4OS/c1-12-9-13(2)20-17(19-12)23-11-16(22)21-7-5-15(6-8-21)18-10-14-3-4-14/h9,14-15,18H,3-8,10-11H2,1-2H3. The lowest BCUT2D eigenvalue weighted by Gasteiger charge is -2.32. The van der Waals surface area contributed by atoms with Crippen LogP contribution in [0, 0.1) is 19.8 Å². The van der Waals surface area contributed by atoms with Crippen molar-refractivity contribution in [3.63, 3.8) is 0 Å². The van der Waals surface area contributed by atoms with E-state index < -0.39 is 0 Å². The summed E-state index contributed by atoms with van der Waals surface area (Å²) >= 11 is 1.44. The molecule has 1 aliphatic carbocycles. The van der Waals surface area contributed by atoms with Gasteiger partial charge in [0.25, 0.3) is 0 Å². The van der Waals surface area contributed by atoms with Crippen molar-refractivity contribution in [1.82, 2.24) is 20.2 Å². The minimum atomic E-state index is 0.207. The van der Waals surface area contributed by atoms with Crippen LogP contribution in [0.4, 0.5) is 0 Å². The number of nitrogens with one attached hydrogen (secondary N) is 1. The fraction of sp³-hybridized carbons (Fsp3) is 0.706. The summed E-state index contributed by atoms with van der Waals surface area (Å²) in [7, 11) is 0. The number of hydrogen-bond donors (Lipinski definition) is 1. The van der Waals surface area contributed by atoms with Gasteiger partial charge in [0, 0.05) is 30.5 Å². The maximum atomic E-state index is 12.4. The molecule has 1 saturated heterocycles. The van der Waals surface area contributed by atoms with E-state index in [9.17, 15) is 4.79 Å². The third-order valence-electron chi connectivity index (χ3n) is 4.53. The highest BCUT2D eigenvalue weighted by Crippen LogP contribution is 2.28. The van der Waals surface area contributed by atoms with Crippen molar-refractivity contribution in [2.45, 2.75) is 50.7 Å². The van der Waals surface area contributed by atoms with Gasteiger partial charge < -0.3 is 10.2 Å². The normalized spacial score (nSPS) is 19.1. The van der Waals surface area contributed by atoms with Gasteiger partial charge in [0.2, 0.25) is 5.91 Å². The number of hydrogen-bond acceptors (Lipinski definition) is 5. The van der Waals surface area contributed by atoms with Gasteiger partial charge >= 0.3 is 0 Å². The minimum absolute atomic E-state index is 0.207. The van der Waals surface area contributed by atoms with Crippen LogP contribution >= 0.6 is 11.8 Å². The van der Waals surface area contributed by atoms with Crippen LogP contribution < -0.4 is 5.32 Å². The van der Waals surface area contributed by atoms with Crippen molar-refractivity contribution in [2.24, 2.45) is 5.92 Å². The van der Waals surface area contributed by atoms with Crippen molar-refractivity contribution in [1.29, 1.82) is 0 Å². The Morgan fingerprint density at radius 2 is 1.87 bits per heavy atom. The van der Waals surface area contributed by atoms with Crippen molar-refractivity contribution in [3.05, 3.63) is 17.5 Å². The fourth-order valence-electron chi connectivity index (χ4n) is 2.96. The molecule has 23 heavy (non-hydrogen) atoms. The van der Waals surface area contributed by atoms with Crippen LogP contribution in [0.2, 0.25) is 0 Å². The molecule has 1 saturated carbocycles. The van der Waals surface area contributed by atoms with Gasteiger partial charge in [-0.1, -0.05) is 11.8 Å². The first kappa shape index (κ1) is 16.7. The Morgan fingerprint density at radius 1 is 1.22 bits per heavy atom. The zero-order valence-electron chi connectivity index (χ0n) is 14.0. The summed E-state index contributed by atoms with van der Waals surface area (Å²) < 4.78 is 0. The zero-order chi connectivity index (χ0) is 16.2. The summed E-state index contributed by atoms with van der Waals surface area (Å²) in [6, 6.07) is 2.54. The SMILES string of the molecule is Cc1cc(C)nc(SCC(=O)N2CCC(NCC3CC3)CC2)n1. The van der Waals surface area contributed by atoms with Gasteiger partial charge in [0.15, 0.2) is 5.16 Å². The molecule has 1 aromatic rings. The Balaban J connectivity index is 1.40. The highest BCUT2D eigenvalue weighted by Gasteiger charge is 2.26. The molecule has 1 N–H and O–H groups in total. The quantitative estimate of drug-likeness (QED) is 0.638. The van der Waals surface area contributed by atoms with Gasteiger partial charge in [0.05, 0.1) is 5.75 Å². The van der Waals surface area contributed by atoms with Crippen LogP contribution in [0.5, 0.6) is 0 Å². The van der Waals surface area contributed by atoms with Crippen molar-refractivity contribution < 1.29 is 4.79 Å². The molecule has 1 aromatic heterocycles. The molecule has 126 valence electrons. The summed E-state index contributed by atoms with van der Waals surface area (Å²) in [6.07, 6.45) is 4.93. The molecular formula is C17H26N4OS. The predicted molar refractivity (Wildman–Crippen MR) is 92.6 cm³/mol. The summed E-state index contributed by atoms with van der Waals surface area (Å²) in [6.45, 7) is 6.82. The largest absolute Gasteiger partial charge is 0.342 e. The molecular weight excluding hydrogens is 308 g/mol. The Bertz CT molecular complexity index is 533. The number of carbonyl (C=O) groups is 1. The third kappa shape index (κ3) is 5.18. The number of thioether (sulfide) groups is 1. The fourth-order valence-corrected chi connectivity index (χ4v) is 3.82. The molecule has 2 heterocycles. The van der Waals surface area contributed by atoms with Crippen molar-refractivity contribution >= 4 is 17.7 Å². The molecule has 3 rings (SSSR count). The Labute approximate surface area is 142 Å². The number of aromatic nitrogens is 2. The van der Waals surface area contributed by atoms with Gasteiger partial charge in [-0.3, -0.25) is 4.79 Å². The van der Waals surface area contributed by atoms with Crippen LogP contribution in [0.3, 0.4) is 0 Å².